The number of hydrogen-bond donors (Lipinski definition) is 2. The van der Waals surface area contributed by atoms with E-state index in [4.69, 9.17) is 4.52 Å². The topological polar surface area (TPSA) is 97.1 Å². The lowest BCUT2D eigenvalue weighted by Crippen LogP contribution is -2.48. The molecule has 1 heterocycles. The highest BCUT2D eigenvalue weighted by molar-refractivity contribution is 5.94. The van der Waals surface area contributed by atoms with E-state index in [1.807, 2.05) is 6.07 Å². The molecule has 0 aliphatic heterocycles. The average Bonchev–Trinajstić information content (AvgIpc) is 3.10. The Morgan fingerprint density at radius 2 is 1.88 bits per heavy atom. The molecule has 138 valence electrons. The molecule has 0 bridgehead atoms. The summed E-state index contributed by atoms with van der Waals surface area (Å²) in [7, 11) is 0. The summed E-state index contributed by atoms with van der Waals surface area (Å²) in [4.78, 5) is 28.8. The molecule has 7 heteroatoms. The molecular weight excluding hydrogens is 332 g/mol. The van der Waals surface area contributed by atoms with Crippen molar-refractivity contribution in [3.8, 4) is 0 Å². The van der Waals surface area contributed by atoms with Crippen LogP contribution in [0.15, 0.2) is 34.9 Å². The van der Waals surface area contributed by atoms with E-state index in [1.54, 1.807) is 31.2 Å². The van der Waals surface area contributed by atoms with Crippen molar-refractivity contribution in [3.05, 3.63) is 47.6 Å². The number of carbonyl (C=O) groups excluding carboxylic acids is 2. The monoisotopic (exact) mass is 356 g/mol. The highest BCUT2D eigenvalue weighted by Gasteiger charge is 2.39. The number of carbonyl (C=O) groups is 2. The van der Waals surface area contributed by atoms with E-state index < -0.39 is 5.54 Å². The molecule has 1 aromatic carbocycles. The lowest BCUT2D eigenvalue weighted by Gasteiger charge is -2.35. The number of amides is 2. The molecule has 0 saturated heterocycles. The first-order valence-corrected chi connectivity index (χ1v) is 9.04. The molecule has 2 amide bonds. The fraction of sp³-hybridized carbons (Fsp3) is 0.474. The van der Waals surface area contributed by atoms with E-state index in [1.165, 1.54) is 0 Å². The molecule has 1 fully saturated rings. The fourth-order valence-corrected chi connectivity index (χ4v) is 3.36. The molecular formula is C19H24N4O3. The Hall–Kier alpha value is -2.70. The predicted molar refractivity (Wildman–Crippen MR) is 95.3 cm³/mol. The van der Waals surface area contributed by atoms with Crippen molar-refractivity contribution in [1.29, 1.82) is 0 Å². The van der Waals surface area contributed by atoms with E-state index in [-0.39, 0.29) is 24.8 Å². The quantitative estimate of drug-likeness (QED) is 0.829. The van der Waals surface area contributed by atoms with Crippen molar-refractivity contribution in [3.63, 3.8) is 0 Å². The third kappa shape index (κ3) is 4.28. The van der Waals surface area contributed by atoms with Gasteiger partial charge < -0.3 is 15.2 Å². The fourth-order valence-electron chi connectivity index (χ4n) is 3.36. The van der Waals surface area contributed by atoms with Gasteiger partial charge >= 0.3 is 0 Å². The summed E-state index contributed by atoms with van der Waals surface area (Å²) in [6.07, 6.45) is 4.97. The summed E-state index contributed by atoms with van der Waals surface area (Å²) in [5.41, 5.74) is 0.0233. The minimum Gasteiger partial charge on any atom is -0.352 e. The Labute approximate surface area is 152 Å². The first-order valence-electron chi connectivity index (χ1n) is 9.04. The Morgan fingerprint density at radius 1 is 1.15 bits per heavy atom. The Balaban J connectivity index is 1.56. The lowest BCUT2D eigenvalue weighted by molar-refractivity contribution is -0.123. The first-order chi connectivity index (χ1) is 12.6. The molecule has 26 heavy (non-hydrogen) atoms. The normalized spacial score (nSPS) is 16.0. The highest BCUT2D eigenvalue weighted by Crippen LogP contribution is 2.35. The maximum absolute atomic E-state index is 12.5. The van der Waals surface area contributed by atoms with Crippen molar-refractivity contribution in [1.82, 2.24) is 20.8 Å². The van der Waals surface area contributed by atoms with Crippen LogP contribution in [0.1, 0.15) is 60.6 Å². The Bertz CT molecular complexity index is 751. The van der Waals surface area contributed by atoms with Crippen molar-refractivity contribution >= 4 is 11.8 Å². The van der Waals surface area contributed by atoms with E-state index in [0.29, 0.717) is 17.3 Å². The van der Waals surface area contributed by atoms with Crippen molar-refractivity contribution < 1.29 is 14.1 Å². The van der Waals surface area contributed by atoms with Gasteiger partial charge in [0.1, 0.15) is 5.54 Å². The number of aromatic nitrogens is 2. The predicted octanol–water partition coefficient (Wildman–Crippen LogP) is 2.47. The van der Waals surface area contributed by atoms with Gasteiger partial charge in [0.25, 0.3) is 5.91 Å². The van der Waals surface area contributed by atoms with Gasteiger partial charge in [-0.25, -0.2) is 0 Å². The van der Waals surface area contributed by atoms with Gasteiger partial charge in [-0.05, 0) is 25.0 Å². The number of rotatable bonds is 6. The van der Waals surface area contributed by atoms with Crippen LogP contribution in [0.3, 0.4) is 0 Å². The van der Waals surface area contributed by atoms with Gasteiger partial charge in [0.05, 0.1) is 0 Å². The number of nitrogens with one attached hydrogen (secondary N) is 2. The largest absolute Gasteiger partial charge is 0.352 e. The first kappa shape index (κ1) is 18.1. The van der Waals surface area contributed by atoms with Gasteiger partial charge in [-0.15, -0.1) is 0 Å². The number of hydrogen-bond acceptors (Lipinski definition) is 5. The number of benzene rings is 1. The standard InChI is InChI=1S/C19H24N4O3/c1-14-21-18(23-26-14)19(11-6-3-7-12-19)22-16(24)10-13-20-17(25)15-8-4-2-5-9-15/h2,4-5,8-9H,3,6-7,10-13H2,1H3,(H,20,25)(H,22,24). The van der Waals surface area contributed by atoms with Crippen LogP contribution in [-0.2, 0) is 10.3 Å². The van der Waals surface area contributed by atoms with Gasteiger partial charge in [0, 0.05) is 25.5 Å². The maximum Gasteiger partial charge on any atom is 0.251 e. The third-order valence-electron chi connectivity index (χ3n) is 4.72. The zero-order valence-electron chi connectivity index (χ0n) is 15.0. The zero-order chi connectivity index (χ0) is 18.4. The minimum absolute atomic E-state index is 0.122. The van der Waals surface area contributed by atoms with Crippen molar-refractivity contribution in [2.75, 3.05) is 6.54 Å². The summed E-state index contributed by atoms with van der Waals surface area (Å²) in [5, 5.41) is 9.92. The van der Waals surface area contributed by atoms with Crippen LogP contribution in [-0.4, -0.2) is 28.5 Å². The number of aryl methyl sites for hydroxylation is 1. The molecule has 0 radical (unpaired) electrons. The van der Waals surface area contributed by atoms with E-state index >= 15 is 0 Å². The average molecular weight is 356 g/mol. The molecule has 1 aromatic heterocycles. The lowest BCUT2D eigenvalue weighted by atomic mass is 9.81. The molecule has 1 saturated carbocycles. The molecule has 0 unspecified atom stereocenters. The number of nitrogens with zero attached hydrogens (tertiary/aromatic N) is 2. The second-order valence-electron chi connectivity index (χ2n) is 6.70. The van der Waals surface area contributed by atoms with Crippen LogP contribution in [0, 0.1) is 6.92 Å². The summed E-state index contributed by atoms with van der Waals surface area (Å²) < 4.78 is 5.12. The molecule has 2 aromatic rings. The van der Waals surface area contributed by atoms with Gasteiger partial charge in [0.2, 0.25) is 11.8 Å². The highest BCUT2D eigenvalue weighted by atomic mass is 16.5. The summed E-state index contributed by atoms with van der Waals surface area (Å²) in [5.74, 6) is 0.744. The molecule has 1 aliphatic carbocycles. The summed E-state index contributed by atoms with van der Waals surface area (Å²) in [6.45, 7) is 2.02. The third-order valence-corrected chi connectivity index (χ3v) is 4.72. The van der Waals surface area contributed by atoms with Crippen LogP contribution >= 0.6 is 0 Å². The molecule has 0 spiro atoms. The molecule has 7 nitrogen and oxygen atoms in total. The van der Waals surface area contributed by atoms with Crippen LogP contribution in [0.2, 0.25) is 0 Å². The van der Waals surface area contributed by atoms with E-state index in [2.05, 4.69) is 20.8 Å². The Morgan fingerprint density at radius 3 is 2.54 bits per heavy atom. The maximum atomic E-state index is 12.5. The second kappa shape index (κ2) is 8.12. The summed E-state index contributed by atoms with van der Waals surface area (Å²) >= 11 is 0. The molecule has 0 atom stereocenters. The van der Waals surface area contributed by atoms with Crippen molar-refractivity contribution in [2.24, 2.45) is 0 Å². The van der Waals surface area contributed by atoms with Gasteiger partial charge in [-0.1, -0.05) is 42.6 Å². The summed E-state index contributed by atoms with van der Waals surface area (Å²) in [6, 6.07) is 8.95. The van der Waals surface area contributed by atoms with Crippen LogP contribution in [0.5, 0.6) is 0 Å². The SMILES string of the molecule is Cc1nc(C2(NC(=O)CCNC(=O)c3ccccc3)CCCCC2)no1. The Kier molecular flexibility index (Phi) is 5.65. The van der Waals surface area contributed by atoms with E-state index in [0.717, 1.165) is 32.1 Å². The molecule has 2 N–H and O–H groups in total. The van der Waals surface area contributed by atoms with E-state index in [9.17, 15) is 9.59 Å². The minimum atomic E-state index is -0.559. The smallest absolute Gasteiger partial charge is 0.251 e. The van der Waals surface area contributed by atoms with Crippen LogP contribution in [0.4, 0.5) is 0 Å². The van der Waals surface area contributed by atoms with Gasteiger partial charge in [-0.3, -0.25) is 9.59 Å². The van der Waals surface area contributed by atoms with Crippen molar-refractivity contribution in [2.45, 2.75) is 51.0 Å². The van der Waals surface area contributed by atoms with Crippen LogP contribution in [0.25, 0.3) is 0 Å². The second-order valence-corrected chi connectivity index (χ2v) is 6.70. The van der Waals surface area contributed by atoms with Gasteiger partial charge in [-0.2, -0.15) is 4.98 Å². The van der Waals surface area contributed by atoms with Gasteiger partial charge in [0.15, 0.2) is 5.82 Å². The molecule has 1 aliphatic rings. The zero-order valence-corrected chi connectivity index (χ0v) is 15.0. The molecule has 3 rings (SSSR count). The van der Waals surface area contributed by atoms with Crippen LogP contribution < -0.4 is 10.6 Å².